The molecule has 0 aliphatic heterocycles. The normalized spacial score (nSPS) is 10.4. The lowest BCUT2D eigenvalue weighted by Gasteiger charge is -2.08. The van der Waals surface area contributed by atoms with Crippen LogP contribution in [0.2, 0.25) is 0 Å². The highest BCUT2D eigenvalue weighted by atomic mass is 16.5. The van der Waals surface area contributed by atoms with E-state index in [0.29, 0.717) is 17.2 Å². The Morgan fingerprint density at radius 3 is 2.44 bits per heavy atom. The van der Waals surface area contributed by atoms with Crippen LogP contribution in [0.4, 0.5) is 5.69 Å². The fourth-order valence-corrected chi connectivity index (χ4v) is 2.18. The zero-order valence-corrected chi connectivity index (χ0v) is 14.2. The molecule has 0 atom stereocenters. The average molecular weight is 341 g/mol. The molecule has 0 aliphatic carbocycles. The minimum absolute atomic E-state index is 0.286. The number of carbonyl (C=O) groups excluding carboxylic acids is 2. The lowest BCUT2D eigenvalue weighted by molar-refractivity contribution is -0.111. The number of ether oxygens (including phenoxy) is 3. The topological polar surface area (TPSA) is 73.9 Å². The van der Waals surface area contributed by atoms with E-state index in [2.05, 4.69) is 5.32 Å². The molecule has 0 aromatic heterocycles. The molecule has 0 radical (unpaired) electrons. The number of esters is 1. The zero-order valence-electron chi connectivity index (χ0n) is 14.2. The van der Waals surface area contributed by atoms with Crippen molar-refractivity contribution in [3.05, 3.63) is 59.7 Å². The SMILES string of the molecule is COC(=O)c1ccccc1NC(=O)/C=C/c1ccc(OC)cc1OC. The van der Waals surface area contributed by atoms with E-state index in [1.807, 2.05) is 0 Å². The van der Waals surface area contributed by atoms with Gasteiger partial charge in [-0.15, -0.1) is 0 Å². The molecule has 0 fully saturated rings. The van der Waals surface area contributed by atoms with Crippen LogP contribution in [0, 0.1) is 0 Å². The first kappa shape index (κ1) is 18.1. The summed E-state index contributed by atoms with van der Waals surface area (Å²) in [6.45, 7) is 0. The second-order valence-corrected chi connectivity index (χ2v) is 4.97. The molecular weight excluding hydrogens is 322 g/mol. The predicted molar refractivity (Wildman–Crippen MR) is 95.0 cm³/mol. The van der Waals surface area contributed by atoms with Crippen molar-refractivity contribution >= 4 is 23.6 Å². The summed E-state index contributed by atoms with van der Waals surface area (Å²) in [6.07, 6.45) is 2.98. The summed E-state index contributed by atoms with van der Waals surface area (Å²) < 4.78 is 15.1. The minimum atomic E-state index is -0.517. The Bertz CT molecular complexity index is 798. The third-order valence-corrected chi connectivity index (χ3v) is 3.45. The highest BCUT2D eigenvalue weighted by Gasteiger charge is 2.12. The molecule has 2 aromatic carbocycles. The van der Waals surface area contributed by atoms with Crippen LogP contribution < -0.4 is 14.8 Å². The van der Waals surface area contributed by atoms with Gasteiger partial charge < -0.3 is 19.5 Å². The molecule has 2 rings (SSSR count). The number of carbonyl (C=O) groups is 2. The molecule has 130 valence electrons. The number of rotatable bonds is 6. The molecule has 0 saturated carbocycles. The maximum Gasteiger partial charge on any atom is 0.339 e. The molecule has 25 heavy (non-hydrogen) atoms. The molecule has 1 N–H and O–H groups in total. The first-order valence-electron chi connectivity index (χ1n) is 7.47. The Balaban J connectivity index is 2.16. The summed E-state index contributed by atoms with van der Waals surface area (Å²) in [6, 6.07) is 11.9. The van der Waals surface area contributed by atoms with Gasteiger partial charge in [-0.2, -0.15) is 0 Å². The largest absolute Gasteiger partial charge is 0.497 e. The number of amides is 1. The fraction of sp³-hybridized carbons (Fsp3) is 0.158. The molecule has 0 unspecified atom stereocenters. The number of para-hydroxylation sites is 1. The van der Waals surface area contributed by atoms with Gasteiger partial charge in [-0.1, -0.05) is 12.1 Å². The van der Waals surface area contributed by atoms with E-state index >= 15 is 0 Å². The number of hydrogen-bond acceptors (Lipinski definition) is 5. The van der Waals surface area contributed by atoms with Gasteiger partial charge in [-0.3, -0.25) is 4.79 Å². The van der Waals surface area contributed by atoms with Crippen molar-refractivity contribution in [2.45, 2.75) is 0 Å². The molecule has 2 aromatic rings. The summed E-state index contributed by atoms with van der Waals surface area (Å²) >= 11 is 0. The van der Waals surface area contributed by atoms with Crippen LogP contribution in [-0.2, 0) is 9.53 Å². The number of anilines is 1. The third kappa shape index (κ3) is 4.60. The molecule has 1 amide bonds. The van der Waals surface area contributed by atoms with E-state index in [4.69, 9.17) is 14.2 Å². The van der Waals surface area contributed by atoms with Crippen molar-refractivity contribution in [3.63, 3.8) is 0 Å². The molecule has 0 heterocycles. The monoisotopic (exact) mass is 341 g/mol. The summed E-state index contributed by atoms with van der Waals surface area (Å²) in [5.41, 5.74) is 1.39. The number of benzene rings is 2. The van der Waals surface area contributed by atoms with Crippen molar-refractivity contribution in [1.82, 2.24) is 0 Å². The van der Waals surface area contributed by atoms with Crippen molar-refractivity contribution < 1.29 is 23.8 Å². The Hall–Kier alpha value is -3.28. The summed E-state index contributed by atoms with van der Waals surface area (Å²) in [5.74, 6) is 0.342. The highest BCUT2D eigenvalue weighted by molar-refractivity contribution is 6.06. The first-order valence-corrected chi connectivity index (χ1v) is 7.47. The maximum atomic E-state index is 12.2. The van der Waals surface area contributed by atoms with Gasteiger partial charge in [0.1, 0.15) is 11.5 Å². The van der Waals surface area contributed by atoms with E-state index < -0.39 is 5.97 Å². The minimum Gasteiger partial charge on any atom is -0.497 e. The predicted octanol–water partition coefficient (Wildman–Crippen LogP) is 3.14. The third-order valence-electron chi connectivity index (χ3n) is 3.45. The van der Waals surface area contributed by atoms with Crippen LogP contribution in [0.5, 0.6) is 11.5 Å². The van der Waals surface area contributed by atoms with E-state index in [0.717, 1.165) is 5.56 Å². The molecule has 0 aliphatic rings. The maximum absolute atomic E-state index is 12.2. The van der Waals surface area contributed by atoms with Gasteiger partial charge >= 0.3 is 5.97 Å². The summed E-state index contributed by atoms with van der Waals surface area (Å²) in [7, 11) is 4.39. The Morgan fingerprint density at radius 2 is 1.76 bits per heavy atom. The summed E-state index contributed by atoms with van der Waals surface area (Å²) in [4.78, 5) is 23.9. The van der Waals surface area contributed by atoms with Crippen molar-refractivity contribution in [2.75, 3.05) is 26.6 Å². The van der Waals surface area contributed by atoms with E-state index in [-0.39, 0.29) is 11.5 Å². The lowest BCUT2D eigenvalue weighted by Crippen LogP contribution is -2.12. The second-order valence-electron chi connectivity index (χ2n) is 4.97. The quantitative estimate of drug-likeness (QED) is 0.645. The smallest absolute Gasteiger partial charge is 0.339 e. The molecule has 6 heteroatoms. The van der Waals surface area contributed by atoms with Crippen LogP contribution in [0.3, 0.4) is 0 Å². The average Bonchev–Trinajstić information content (AvgIpc) is 2.66. The zero-order chi connectivity index (χ0) is 18.2. The Labute approximate surface area is 146 Å². The molecule has 0 saturated heterocycles. The standard InChI is InChI=1S/C19H19NO5/c1-23-14-10-8-13(17(12-14)24-2)9-11-18(21)20-16-7-5-4-6-15(16)19(22)25-3/h4-12H,1-3H3,(H,20,21)/b11-9+. The molecular formula is C19H19NO5. The fourth-order valence-electron chi connectivity index (χ4n) is 2.18. The number of methoxy groups -OCH3 is 3. The van der Waals surface area contributed by atoms with Gasteiger partial charge in [-0.05, 0) is 30.3 Å². The van der Waals surface area contributed by atoms with Crippen LogP contribution in [0.25, 0.3) is 6.08 Å². The second kappa shape index (κ2) is 8.54. The number of hydrogen-bond donors (Lipinski definition) is 1. The molecule has 0 bridgehead atoms. The van der Waals surface area contributed by atoms with Crippen molar-refractivity contribution in [2.24, 2.45) is 0 Å². The van der Waals surface area contributed by atoms with Crippen LogP contribution >= 0.6 is 0 Å². The van der Waals surface area contributed by atoms with Crippen LogP contribution in [0.1, 0.15) is 15.9 Å². The lowest BCUT2D eigenvalue weighted by atomic mass is 10.1. The Morgan fingerprint density at radius 1 is 1.00 bits per heavy atom. The first-order chi connectivity index (χ1) is 12.1. The number of nitrogens with one attached hydrogen (secondary N) is 1. The van der Waals surface area contributed by atoms with Crippen molar-refractivity contribution in [1.29, 1.82) is 0 Å². The van der Waals surface area contributed by atoms with Gasteiger partial charge in [0.15, 0.2) is 0 Å². The van der Waals surface area contributed by atoms with Gasteiger partial charge in [0, 0.05) is 17.7 Å². The summed E-state index contributed by atoms with van der Waals surface area (Å²) in [5, 5.41) is 2.66. The van der Waals surface area contributed by atoms with Gasteiger partial charge in [-0.25, -0.2) is 4.79 Å². The van der Waals surface area contributed by atoms with Gasteiger partial charge in [0.25, 0.3) is 0 Å². The van der Waals surface area contributed by atoms with Crippen molar-refractivity contribution in [3.8, 4) is 11.5 Å². The van der Waals surface area contributed by atoms with Crippen LogP contribution in [0.15, 0.2) is 48.5 Å². The van der Waals surface area contributed by atoms with E-state index in [1.54, 1.807) is 62.8 Å². The Kier molecular flexibility index (Phi) is 6.17. The van der Waals surface area contributed by atoms with E-state index in [9.17, 15) is 9.59 Å². The molecule has 0 spiro atoms. The van der Waals surface area contributed by atoms with Gasteiger partial charge in [0.2, 0.25) is 5.91 Å². The van der Waals surface area contributed by atoms with Crippen LogP contribution in [-0.4, -0.2) is 33.2 Å². The van der Waals surface area contributed by atoms with Gasteiger partial charge in [0.05, 0.1) is 32.6 Å². The highest BCUT2D eigenvalue weighted by Crippen LogP contribution is 2.25. The molecule has 6 nitrogen and oxygen atoms in total. The van der Waals surface area contributed by atoms with E-state index in [1.165, 1.54) is 13.2 Å².